The zero-order valence-electron chi connectivity index (χ0n) is 9.43. The van der Waals surface area contributed by atoms with E-state index in [9.17, 15) is 9.18 Å². The summed E-state index contributed by atoms with van der Waals surface area (Å²) in [6.07, 6.45) is 0. The first-order valence-electron chi connectivity index (χ1n) is 5.30. The second-order valence-electron chi connectivity index (χ2n) is 4.60. The highest BCUT2D eigenvalue weighted by atomic mass is 19.1. The van der Waals surface area contributed by atoms with Gasteiger partial charge in [0.05, 0.1) is 11.1 Å². The number of aryl methyl sites for hydroxylation is 1. The fourth-order valence-corrected chi connectivity index (χ4v) is 1.67. The molecule has 0 saturated carbocycles. The van der Waals surface area contributed by atoms with Crippen LogP contribution in [-0.2, 0) is 4.79 Å². The first-order chi connectivity index (χ1) is 7.51. The Hall–Kier alpha value is -1.42. The van der Waals surface area contributed by atoms with Crippen LogP contribution in [0, 0.1) is 18.2 Å². The van der Waals surface area contributed by atoms with E-state index in [1.54, 1.807) is 12.1 Å². The molecular weight excluding hydrogens is 207 g/mol. The third-order valence-corrected chi connectivity index (χ3v) is 2.95. The summed E-state index contributed by atoms with van der Waals surface area (Å²) < 4.78 is 13.4. The molecule has 16 heavy (non-hydrogen) atoms. The maximum absolute atomic E-state index is 13.4. The van der Waals surface area contributed by atoms with Gasteiger partial charge in [0, 0.05) is 13.1 Å². The van der Waals surface area contributed by atoms with Crippen LogP contribution in [0.4, 0.5) is 10.1 Å². The summed E-state index contributed by atoms with van der Waals surface area (Å²) in [5.74, 6) is -0.523. The van der Waals surface area contributed by atoms with Gasteiger partial charge in [0.2, 0.25) is 5.91 Å². The van der Waals surface area contributed by atoms with Gasteiger partial charge in [0.1, 0.15) is 5.82 Å². The Bertz CT molecular complexity index is 427. The third-order valence-electron chi connectivity index (χ3n) is 2.95. The molecule has 2 N–H and O–H groups in total. The fourth-order valence-electron chi connectivity index (χ4n) is 1.67. The van der Waals surface area contributed by atoms with Crippen LogP contribution in [0.1, 0.15) is 12.5 Å². The van der Waals surface area contributed by atoms with E-state index < -0.39 is 11.2 Å². The Labute approximate surface area is 94.0 Å². The van der Waals surface area contributed by atoms with Gasteiger partial charge in [-0.3, -0.25) is 4.79 Å². The van der Waals surface area contributed by atoms with Gasteiger partial charge in [-0.15, -0.1) is 0 Å². The number of rotatable bonds is 2. The number of hydrogen-bond acceptors (Lipinski definition) is 2. The summed E-state index contributed by atoms with van der Waals surface area (Å²) in [7, 11) is 0. The lowest BCUT2D eigenvalue weighted by Gasteiger charge is -2.37. The van der Waals surface area contributed by atoms with E-state index in [0.717, 1.165) is 5.56 Å². The first kappa shape index (κ1) is 11.1. The topological polar surface area (TPSA) is 41.1 Å². The number of halogens is 1. The summed E-state index contributed by atoms with van der Waals surface area (Å²) in [5, 5.41) is 5.68. The zero-order valence-corrected chi connectivity index (χ0v) is 9.43. The predicted molar refractivity (Wildman–Crippen MR) is 60.7 cm³/mol. The molecule has 1 aliphatic rings. The summed E-state index contributed by atoms with van der Waals surface area (Å²) >= 11 is 0. The summed E-state index contributed by atoms with van der Waals surface area (Å²) in [5.41, 5.74) is 0.780. The maximum Gasteiger partial charge on any atom is 0.232 e. The number of benzene rings is 1. The number of carbonyl (C=O) groups excluding carboxylic acids is 1. The van der Waals surface area contributed by atoms with E-state index in [1.165, 1.54) is 6.07 Å². The molecule has 0 aliphatic carbocycles. The van der Waals surface area contributed by atoms with Crippen LogP contribution in [0.2, 0.25) is 0 Å². The van der Waals surface area contributed by atoms with E-state index in [-0.39, 0.29) is 11.6 Å². The molecule has 1 saturated heterocycles. The van der Waals surface area contributed by atoms with Crippen LogP contribution in [0.5, 0.6) is 0 Å². The summed E-state index contributed by atoms with van der Waals surface area (Å²) in [6.45, 7) is 5.02. The molecule has 3 nitrogen and oxygen atoms in total. The molecule has 1 fully saturated rings. The molecule has 0 bridgehead atoms. The van der Waals surface area contributed by atoms with Crippen LogP contribution in [0.15, 0.2) is 18.2 Å². The molecular formula is C12H15FN2O. The van der Waals surface area contributed by atoms with E-state index in [1.807, 2.05) is 13.8 Å². The smallest absolute Gasteiger partial charge is 0.232 e. The van der Waals surface area contributed by atoms with Crippen molar-refractivity contribution in [3.05, 3.63) is 29.6 Å². The molecule has 0 aromatic heterocycles. The van der Waals surface area contributed by atoms with Gasteiger partial charge in [-0.25, -0.2) is 4.39 Å². The number of anilines is 1. The van der Waals surface area contributed by atoms with Crippen LogP contribution in [-0.4, -0.2) is 19.0 Å². The van der Waals surface area contributed by atoms with Crippen molar-refractivity contribution in [1.29, 1.82) is 0 Å². The molecule has 1 aromatic rings. The van der Waals surface area contributed by atoms with E-state index >= 15 is 0 Å². The van der Waals surface area contributed by atoms with Crippen molar-refractivity contribution in [2.75, 3.05) is 18.4 Å². The summed E-state index contributed by atoms with van der Waals surface area (Å²) in [6, 6.07) is 4.69. The van der Waals surface area contributed by atoms with Crippen LogP contribution in [0.25, 0.3) is 0 Å². The van der Waals surface area contributed by atoms with Gasteiger partial charge >= 0.3 is 0 Å². The van der Waals surface area contributed by atoms with Crippen LogP contribution < -0.4 is 10.6 Å². The Morgan fingerprint density at radius 2 is 2.19 bits per heavy atom. The minimum atomic E-state index is -0.407. The summed E-state index contributed by atoms with van der Waals surface area (Å²) in [4.78, 5) is 11.9. The average Bonchev–Trinajstić information content (AvgIpc) is 2.20. The van der Waals surface area contributed by atoms with E-state index in [4.69, 9.17) is 0 Å². The number of carbonyl (C=O) groups is 1. The normalized spacial score (nSPS) is 17.7. The van der Waals surface area contributed by atoms with Gasteiger partial charge in [0.15, 0.2) is 0 Å². The fraction of sp³-hybridized carbons (Fsp3) is 0.417. The monoisotopic (exact) mass is 222 g/mol. The van der Waals surface area contributed by atoms with Crippen molar-refractivity contribution in [3.63, 3.8) is 0 Å². The SMILES string of the molecule is Cc1ccc(F)c(NC(=O)C2(C)CNC2)c1. The van der Waals surface area contributed by atoms with Crippen LogP contribution in [0.3, 0.4) is 0 Å². The highest BCUT2D eigenvalue weighted by Crippen LogP contribution is 2.25. The van der Waals surface area contributed by atoms with E-state index in [2.05, 4.69) is 10.6 Å². The lowest BCUT2D eigenvalue weighted by atomic mass is 9.83. The number of amides is 1. The number of nitrogens with one attached hydrogen (secondary N) is 2. The highest BCUT2D eigenvalue weighted by molar-refractivity contribution is 5.96. The Balaban J connectivity index is 2.14. The lowest BCUT2D eigenvalue weighted by Crippen LogP contribution is -2.58. The Morgan fingerprint density at radius 3 is 2.75 bits per heavy atom. The molecule has 0 unspecified atom stereocenters. The van der Waals surface area contributed by atoms with Crippen molar-refractivity contribution < 1.29 is 9.18 Å². The van der Waals surface area contributed by atoms with E-state index in [0.29, 0.717) is 13.1 Å². The molecule has 2 rings (SSSR count). The van der Waals surface area contributed by atoms with Crippen molar-refractivity contribution in [3.8, 4) is 0 Å². The maximum atomic E-state index is 13.4. The highest BCUT2D eigenvalue weighted by Gasteiger charge is 2.39. The molecule has 86 valence electrons. The minimum Gasteiger partial charge on any atom is -0.323 e. The quantitative estimate of drug-likeness (QED) is 0.799. The standard InChI is InChI=1S/C12H15FN2O/c1-8-3-4-9(13)10(5-8)15-11(16)12(2)6-14-7-12/h3-5,14H,6-7H2,1-2H3,(H,15,16). The lowest BCUT2D eigenvalue weighted by molar-refractivity contribution is -0.127. The predicted octanol–water partition coefficient (Wildman–Crippen LogP) is 1.68. The van der Waals surface area contributed by atoms with Gasteiger partial charge in [0.25, 0.3) is 0 Å². The van der Waals surface area contributed by atoms with Gasteiger partial charge in [-0.2, -0.15) is 0 Å². The minimum absolute atomic E-state index is 0.129. The Kier molecular flexibility index (Phi) is 2.68. The second kappa shape index (κ2) is 3.87. The van der Waals surface area contributed by atoms with Gasteiger partial charge < -0.3 is 10.6 Å². The molecule has 0 radical (unpaired) electrons. The third kappa shape index (κ3) is 1.93. The average molecular weight is 222 g/mol. The molecule has 1 aliphatic heterocycles. The largest absolute Gasteiger partial charge is 0.323 e. The van der Waals surface area contributed by atoms with Gasteiger partial charge in [-0.05, 0) is 31.5 Å². The van der Waals surface area contributed by atoms with Crippen LogP contribution >= 0.6 is 0 Å². The molecule has 0 atom stereocenters. The van der Waals surface area contributed by atoms with Gasteiger partial charge in [-0.1, -0.05) is 6.07 Å². The number of hydrogen-bond donors (Lipinski definition) is 2. The zero-order chi connectivity index (χ0) is 11.8. The molecule has 1 amide bonds. The molecule has 1 aromatic carbocycles. The molecule has 4 heteroatoms. The second-order valence-corrected chi connectivity index (χ2v) is 4.60. The van der Waals surface area contributed by atoms with Crippen molar-refractivity contribution in [1.82, 2.24) is 5.32 Å². The molecule has 1 heterocycles. The first-order valence-corrected chi connectivity index (χ1v) is 5.30. The Morgan fingerprint density at radius 1 is 1.50 bits per heavy atom. The van der Waals surface area contributed by atoms with Crippen molar-refractivity contribution >= 4 is 11.6 Å². The molecule has 0 spiro atoms. The van der Waals surface area contributed by atoms with Crippen molar-refractivity contribution in [2.45, 2.75) is 13.8 Å². The van der Waals surface area contributed by atoms with Crippen molar-refractivity contribution in [2.24, 2.45) is 5.41 Å².